The fourth-order valence-electron chi connectivity index (χ4n) is 3.84. The molecular weight excluding hydrogens is 342 g/mol. The minimum Gasteiger partial charge on any atom is -0.350 e. The number of H-pyrrole nitrogens is 1. The molecule has 3 aromatic rings. The summed E-state index contributed by atoms with van der Waals surface area (Å²) in [4.78, 5) is 32.3. The van der Waals surface area contributed by atoms with Crippen LogP contribution in [0.4, 0.5) is 0 Å². The summed E-state index contributed by atoms with van der Waals surface area (Å²) in [6.45, 7) is 4.99. The number of benzene rings is 1. The monoisotopic (exact) mass is 365 g/mol. The van der Waals surface area contributed by atoms with E-state index in [1.165, 1.54) is 0 Å². The molecule has 4 rings (SSSR count). The standard InChI is InChI=1S/C20H23N5O2/c1-12-6-7-17-15(9-12)18(26)16(11-24(17)3)20(27)25-8-4-5-14(10-25)19-21-13(2)22-23-19/h6-7,9,11,14H,4-5,8,10H2,1-3H3,(H,21,22,23). The summed E-state index contributed by atoms with van der Waals surface area (Å²) in [5.41, 5.74) is 1.85. The van der Waals surface area contributed by atoms with Gasteiger partial charge in [-0.1, -0.05) is 11.6 Å². The Kier molecular flexibility index (Phi) is 4.30. The van der Waals surface area contributed by atoms with Gasteiger partial charge in [-0.3, -0.25) is 14.7 Å². The number of hydrogen-bond acceptors (Lipinski definition) is 4. The van der Waals surface area contributed by atoms with Gasteiger partial charge in [0, 0.05) is 37.6 Å². The van der Waals surface area contributed by atoms with Gasteiger partial charge in [0.1, 0.15) is 11.4 Å². The lowest BCUT2D eigenvalue weighted by Crippen LogP contribution is -2.41. The van der Waals surface area contributed by atoms with Crippen LogP contribution in [0.15, 0.2) is 29.2 Å². The number of pyridine rings is 1. The number of aromatic amines is 1. The van der Waals surface area contributed by atoms with Gasteiger partial charge in [0.25, 0.3) is 5.91 Å². The number of nitrogens with zero attached hydrogens (tertiary/aromatic N) is 4. The second-order valence-electron chi connectivity index (χ2n) is 7.37. The normalized spacial score (nSPS) is 17.4. The Hall–Kier alpha value is -2.96. The molecule has 1 atom stereocenters. The third-order valence-electron chi connectivity index (χ3n) is 5.26. The van der Waals surface area contributed by atoms with Crippen molar-refractivity contribution in [1.29, 1.82) is 0 Å². The van der Waals surface area contributed by atoms with E-state index in [2.05, 4.69) is 15.2 Å². The van der Waals surface area contributed by atoms with Crippen molar-refractivity contribution >= 4 is 16.8 Å². The molecule has 0 aliphatic carbocycles. The van der Waals surface area contributed by atoms with Crippen LogP contribution in [0.1, 0.15) is 46.3 Å². The molecule has 3 heterocycles. The number of aromatic nitrogens is 4. The lowest BCUT2D eigenvalue weighted by molar-refractivity contribution is 0.0702. The highest BCUT2D eigenvalue weighted by Crippen LogP contribution is 2.25. The molecule has 1 aromatic carbocycles. The number of carbonyl (C=O) groups is 1. The van der Waals surface area contributed by atoms with Crippen molar-refractivity contribution in [3.05, 3.63) is 57.4 Å². The van der Waals surface area contributed by atoms with E-state index in [1.54, 1.807) is 11.1 Å². The second kappa shape index (κ2) is 6.64. The van der Waals surface area contributed by atoms with Gasteiger partial charge < -0.3 is 9.47 Å². The van der Waals surface area contributed by atoms with Crippen molar-refractivity contribution in [2.75, 3.05) is 13.1 Å². The first kappa shape index (κ1) is 17.5. The van der Waals surface area contributed by atoms with Crippen LogP contribution in [-0.4, -0.2) is 43.6 Å². The maximum Gasteiger partial charge on any atom is 0.259 e. The van der Waals surface area contributed by atoms with Crippen molar-refractivity contribution in [3.8, 4) is 0 Å². The first-order chi connectivity index (χ1) is 12.9. The van der Waals surface area contributed by atoms with Crippen molar-refractivity contribution in [3.63, 3.8) is 0 Å². The molecule has 0 spiro atoms. The van der Waals surface area contributed by atoms with Crippen molar-refractivity contribution < 1.29 is 4.79 Å². The maximum atomic E-state index is 13.1. The molecule has 1 aliphatic rings. The van der Waals surface area contributed by atoms with Crippen LogP contribution in [0.25, 0.3) is 10.9 Å². The maximum absolute atomic E-state index is 13.1. The summed E-state index contributed by atoms with van der Waals surface area (Å²) >= 11 is 0. The number of amides is 1. The Morgan fingerprint density at radius 3 is 2.85 bits per heavy atom. The second-order valence-corrected chi connectivity index (χ2v) is 7.37. The first-order valence-electron chi connectivity index (χ1n) is 9.22. The minimum atomic E-state index is -0.212. The Bertz CT molecular complexity index is 1080. The van der Waals surface area contributed by atoms with Gasteiger partial charge >= 0.3 is 0 Å². The number of aryl methyl sites for hydroxylation is 3. The lowest BCUT2D eigenvalue weighted by Gasteiger charge is -2.31. The highest BCUT2D eigenvalue weighted by Gasteiger charge is 2.29. The topological polar surface area (TPSA) is 83.9 Å². The largest absolute Gasteiger partial charge is 0.350 e. The zero-order valence-electron chi connectivity index (χ0n) is 15.8. The van der Waals surface area contributed by atoms with Crippen LogP contribution in [0.2, 0.25) is 0 Å². The summed E-state index contributed by atoms with van der Waals surface area (Å²) in [6, 6.07) is 5.74. The molecule has 7 heteroatoms. The van der Waals surface area contributed by atoms with E-state index in [0.29, 0.717) is 18.5 Å². The summed E-state index contributed by atoms with van der Waals surface area (Å²) in [7, 11) is 1.86. The van der Waals surface area contributed by atoms with Crippen LogP contribution in [0, 0.1) is 13.8 Å². The van der Waals surface area contributed by atoms with E-state index in [9.17, 15) is 9.59 Å². The number of hydrogen-bond donors (Lipinski definition) is 1. The van der Waals surface area contributed by atoms with Crippen molar-refractivity contribution in [1.82, 2.24) is 24.6 Å². The third-order valence-corrected chi connectivity index (χ3v) is 5.26. The molecule has 1 fully saturated rings. The molecule has 1 saturated heterocycles. The molecule has 1 N–H and O–H groups in total. The summed E-state index contributed by atoms with van der Waals surface area (Å²) < 4.78 is 1.85. The number of rotatable bonds is 2. The van der Waals surface area contributed by atoms with Gasteiger partial charge in [-0.05, 0) is 38.8 Å². The average molecular weight is 365 g/mol. The minimum absolute atomic E-state index is 0.0965. The summed E-state index contributed by atoms with van der Waals surface area (Å²) in [5, 5.41) is 7.70. The molecule has 0 bridgehead atoms. The van der Waals surface area contributed by atoms with Gasteiger partial charge in [0.15, 0.2) is 5.82 Å². The predicted octanol–water partition coefficient (Wildman–Crippen LogP) is 2.29. The van der Waals surface area contributed by atoms with E-state index in [0.717, 1.165) is 35.6 Å². The highest BCUT2D eigenvalue weighted by atomic mass is 16.2. The molecule has 7 nitrogen and oxygen atoms in total. The molecule has 27 heavy (non-hydrogen) atoms. The Balaban J connectivity index is 1.68. The highest BCUT2D eigenvalue weighted by molar-refractivity contribution is 5.97. The number of carbonyl (C=O) groups excluding carboxylic acids is 1. The van der Waals surface area contributed by atoms with Gasteiger partial charge in [0.2, 0.25) is 5.43 Å². The summed E-state index contributed by atoms with van der Waals surface area (Å²) in [6.07, 6.45) is 3.47. The van der Waals surface area contributed by atoms with Crippen molar-refractivity contribution in [2.45, 2.75) is 32.6 Å². The van der Waals surface area contributed by atoms with Gasteiger partial charge in [-0.25, -0.2) is 4.98 Å². The zero-order chi connectivity index (χ0) is 19.1. The Morgan fingerprint density at radius 1 is 1.30 bits per heavy atom. The number of nitrogens with one attached hydrogen (secondary N) is 1. The summed E-state index contributed by atoms with van der Waals surface area (Å²) in [5.74, 6) is 1.40. The fourth-order valence-corrected chi connectivity index (χ4v) is 3.84. The van der Waals surface area contributed by atoms with E-state index >= 15 is 0 Å². The lowest BCUT2D eigenvalue weighted by atomic mass is 9.96. The predicted molar refractivity (Wildman–Crippen MR) is 103 cm³/mol. The molecule has 140 valence electrons. The number of likely N-dealkylation sites (tertiary alicyclic amines) is 1. The number of piperidine rings is 1. The zero-order valence-corrected chi connectivity index (χ0v) is 15.8. The number of fused-ring (bicyclic) bond motifs is 1. The molecule has 0 saturated carbocycles. The van der Waals surface area contributed by atoms with Gasteiger partial charge in [-0.2, -0.15) is 5.10 Å². The molecular formula is C20H23N5O2. The van der Waals surface area contributed by atoms with Gasteiger partial charge in [-0.15, -0.1) is 0 Å². The fraction of sp³-hybridized carbons (Fsp3) is 0.400. The van der Waals surface area contributed by atoms with Crippen molar-refractivity contribution in [2.24, 2.45) is 7.05 Å². The van der Waals surface area contributed by atoms with Crippen LogP contribution in [0.5, 0.6) is 0 Å². The molecule has 1 amide bonds. The smallest absolute Gasteiger partial charge is 0.259 e. The van der Waals surface area contributed by atoms with E-state index in [1.807, 2.05) is 43.7 Å². The Morgan fingerprint density at radius 2 is 2.11 bits per heavy atom. The van der Waals surface area contributed by atoms with E-state index < -0.39 is 0 Å². The van der Waals surface area contributed by atoms with Crippen LogP contribution >= 0.6 is 0 Å². The van der Waals surface area contributed by atoms with Crippen LogP contribution in [-0.2, 0) is 7.05 Å². The SMILES string of the molecule is Cc1ccc2c(c1)c(=O)c(C(=O)N1CCCC(c3n[nH]c(C)n3)C1)cn2C. The average Bonchev–Trinajstić information content (AvgIpc) is 3.10. The molecule has 0 radical (unpaired) electrons. The molecule has 1 unspecified atom stereocenters. The van der Waals surface area contributed by atoms with Crippen LogP contribution < -0.4 is 5.43 Å². The quantitative estimate of drug-likeness (QED) is 0.755. The van der Waals surface area contributed by atoms with E-state index in [-0.39, 0.29) is 22.8 Å². The van der Waals surface area contributed by atoms with Crippen LogP contribution in [0.3, 0.4) is 0 Å². The van der Waals surface area contributed by atoms with E-state index in [4.69, 9.17) is 0 Å². The van der Waals surface area contributed by atoms with Gasteiger partial charge in [0.05, 0.1) is 5.52 Å². The first-order valence-corrected chi connectivity index (χ1v) is 9.22. The third kappa shape index (κ3) is 3.13. The Labute approximate surface area is 157 Å². The molecule has 2 aromatic heterocycles. The molecule has 1 aliphatic heterocycles.